The maximum atomic E-state index is 12.3. The maximum Gasteiger partial charge on any atom is 0.308 e. The van der Waals surface area contributed by atoms with Gasteiger partial charge in [-0.25, -0.2) is 8.42 Å². The van der Waals surface area contributed by atoms with Crippen molar-refractivity contribution in [1.29, 1.82) is 0 Å². The molecule has 0 amide bonds. The summed E-state index contributed by atoms with van der Waals surface area (Å²) < 4.78 is 24.6. The largest absolute Gasteiger partial charge is 0.481 e. The van der Waals surface area contributed by atoms with Crippen molar-refractivity contribution in [2.24, 2.45) is 5.92 Å². The minimum Gasteiger partial charge on any atom is -0.481 e. The second-order valence-corrected chi connectivity index (χ2v) is 7.88. The molecule has 1 unspecified atom stereocenters. The average molecular weight is 336 g/mol. The van der Waals surface area contributed by atoms with Crippen molar-refractivity contribution >= 4 is 27.6 Å². The van der Waals surface area contributed by atoms with E-state index in [4.69, 9.17) is 0 Å². The Morgan fingerprint density at radius 1 is 1.00 bits per heavy atom. The summed E-state index contributed by atoms with van der Waals surface area (Å²) in [4.78, 5) is 12.4. The van der Waals surface area contributed by atoms with Crippen LogP contribution in [0.4, 0.5) is 0 Å². The van der Waals surface area contributed by atoms with Crippen LogP contribution >= 0.6 is 11.8 Å². The molecule has 0 aliphatic carbocycles. The van der Waals surface area contributed by atoms with Crippen LogP contribution in [-0.2, 0) is 14.6 Å². The van der Waals surface area contributed by atoms with Gasteiger partial charge in [0.05, 0.1) is 16.6 Å². The van der Waals surface area contributed by atoms with Crippen LogP contribution in [0.15, 0.2) is 70.5 Å². The predicted octanol–water partition coefficient (Wildman–Crippen LogP) is 2.95. The van der Waals surface area contributed by atoms with E-state index in [9.17, 15) is 18.3 Å². The van der Waals surface area contributed by atoms with Gasteiger partial charge < -0.3 is 5.11 Å². The van der Waals surface area contributed by atoms with E-state index in [0.717, 1.165) is 4.90 Å². The summed E-state index contributed by atoms with van der Waals surface area (Å²) in [5.74, 6) is -2.23. The zero-order valence-corrected chi connectivity index (χ0v) is 13.4. The molecule has 0 heterocycles. The molecule has 0 spiro atoms. The van der Waals surface area contributed by atoms with E-state index in [0.29, 0.717) is 0 Å². The summed E-state index contributed by atoms with van der Waals surface area (Å²) in [7, 11) is -3.60. The van der Waals surface area contributed by atoms with Crippen molar-refractivity contribution in [3.05, 3.63) is 60.7 Å². The summed E-state index contributed by atoms with van der Waals surface area (Å²) >= 11 is 1.35. The molecular formula is C16H16O4S2. The molecule has 0 fully saturated rings. The number of carbonyl (C=O) groups is 1. The monoisotopic (exact) mass is 336 g/mol. The molecule has 0 aliphatic rings. The minimum atomic E-state index is -3.60. The molecule has 0 saturated carbocycles. The lowest BCUT2D eigenvalue weighted by Gasteiger charge is -2.12. The van der Waals surface area contributed by atoms with Crippen molar-refractivity contribution in [1.82, 2.24) is 0 Å². The normalized spacial score (nSPS) is 12.7. The molecular weight excluding hydrogens is 320 g/mol. The summed E-state index contributed by atoms with van der Waals surface area (Å²) in [6.45, 7) is 0. The quantitative estimate of drug-likeness (QED) is 0.787. The third-order valence-electron chi connectivity index (χ3n) is 3.07. The Hall–Kier alpha value is -1.79. The number of hydrogen-bond acceptors (Lipinski definition) is 4. The van der Waals surface area contributed by atoms with Gasteiger partial charge in [0.2, 0.25) is 0 Å². The van der Waals surface area contributed by atoms with Crippen molar-refractivity contribution in [2.45, 2.75) is 9.79 Å². The second-order valence-electron chi connectivity index (χ2n) is 4.75. The molecule has 0 radical (unpaired) electrons. The Labute approximate surface area is 134 Å². The molecule has 22 heavy (non-hydrogen) atoms. The van der Waals surface area contributed by atoms with E-state index in [2.05, 4.69) is 0 Å². The first kappa shape index (κ1) is 16.6. The van der Waals surface area contributed by atoms with Crippen molar-refractivity contribution in [3.8, 4) is 0 Å². The van der Waals surface area contributed by atoms with E-state index < -0.39 is 27.5 Å². The van der Waals surface area contributed by atoms with Gasteiger partial charge in [-0.3, -0.25) is 4.79 Å². The first-order valence-electron chi connectivity index (χ1n) is 6.67. The van der Waals surface area contributed by atoms with E-state index in [1.54, 1.807) is 18.2 Å². The predicted molar refractivity (Wildman–Crippen MR) is 86.8 cm³/mol. The number of thioether (sulfide) groups is 1. The molecule has 2 rings (SSSR count). The van der Waals surface area contributed by atoms with Crippen LogP contribution in [0.25, 0.3) is 0 Å². The average Bonchev–Trinajstić information content (AvgIpc) is 2.53. The smallest absolute Gasteiger partial charge is 0.308 e. The minimum absolute atomic E-state index is 0.158. The molecule has 1 N–H and O–H groups in total. The SMILES string of the molecule is O=C(O)C(CSc1ccccc1)CS(=O)(=O)c1ccccc1. The Morgan fingerprint density at radius 2 is 1.55 bits per heavy atom. The van der Waals surface area contributed by atoms with E-state index in [1.165, 1.54) is 23.9 Å². The third-order valence-corrected chi connectivity index (χ3v) is 6.07. The first-order chi connectivity index (χ1) is 10.5. The van der Waals surface area contributed by atoms with Gasteiger partial charge in [-0.2, -0.15) is 0 Å². The van der Waals surface area contributed by atoms with Crippen LogP contribution in [0, 0.1) is 5.92 Å². The lowest BCUT2D eigenvalue weighted by atomic mass is 10.2. The van der Waals surface area contributed by atoms with E-state index >= 15 is 0 Å². The van der Waals surface area contributed by atoms with Crippen LogP contribution in [0.2, 0.25) is 0 Å². The molecule has 6 heteroatoms. The lowest BCUT2D eigenvalue weighted by molar-refractivity contribution is -0.140. The molecule has 1 atom stereocenters. The molecule has 0 bridgehead atoms. The number of sulfone groups is 1. The summed E-state index contributed by atoms with van der Waals surface area (Å²) in [5.41, 5.74) is 0. The Morgan fingerprint density at radius 3 is 2.09 bits per heavy atom. The fraction of sp³-hybridized carbons (Fsp3) is 0.188. The Kier molecular flexibility index (Phi) is 5.63. The highest BCUT2D eigenvalue weighted by molar-refractivity contribution is 7.99. The highest BCUT2D eigenvalue weighted by Gasteiger charge is 2.26. The zero-order chi connectivity index (χ0) is 16.0. The van der Waals surface area contributed by atoms with Crippen LogP contribution in [-0.4, -0.2) is 31.0 Å². The van der Waals surface area contributed by atoms with Gasteiger partial charge >= 0.3 is 5.97 Å². The Balaban J connectivity index is 2.07. The highest BCUT2D eigenvalue weighted by Crippen LogP contribution is 2.23. The highest BCUT2D eigenvalue weighted by atomic mass is 32.2. The Bertz CT molecular complexity index is 712. The van der Waals surface area contributed by atoms with Gasteiger partial charge in [0.1, 0.15) is 0 Å². The second kappa shape index (κ2) is 7.47. The maximum absolute atomic E-state index is 12.3. The van der Waals surface area contributed by atoms with Crippen LogP contribution in [0.3, 0.4) is 0 Å². The van der Waals surface area contributed by atoms with Crippen molar-refractivity contribution < 1.29 is 18.3 Å². The van der Waals surface area contributed by atoms with Gasteiger partial charge in [0.15, 0.2) is 9.84 Å². The molecule has 2 aromatic rings. The van der Waals surface area contributed by atoms with Gasteiger partial charge in [0, 0.05) is 10.6 Å². The lowest BCUT2D eigenvalue weighted by Crippen LogP contribution is -2.26. The number of hydrogen-bond donors (Lipinski definition) is 1. The topological polar surface area (TPSA) is 71.4 Å². The molecule has 0 aliphatic heterocycles. The standard InChI is InChI=1S/C16H16O4S2/c17-16(18)13(11-21-14-7-3-1-4-8-14)12-22(19,20)15-9-5-2-6-10-15/h1-10,13H,11-12H2,(H,17,18). The molecule has 2 aromatic carbocycles. The van der Waals surface area contributed by atoms with Gasteiger partial charge in [-0.05, 0) is 24.3 Å². The number of aliphatic carboxylic acids is 1. The molecule has 116 valence electrons. The molecule has 0 saturated heterocycles. The zero-order valence-electron chi connectivity index (χ0n) is 11.8. The first-order valence-corrected chi connectivity index (χ1v) is 9.31. The van der Waals surface area contributed by atoms with Crippen molar-refractivity contribution in [3.63, 3.8) is 0 Å². The number of carboxylic acid groups (broad SMARTS) is 1. The molecule has 0 aromatic heterocycles. The van der Waals surface area contributed by atoms with Crippen LogP contribution < -0.4 is 0 Å². The number of carboxylic acids is 1. The summed E-state index contributed by atoms with van der Waals surface area (Å²) in [6.07, 6.45) is 0. The number of benzene rings is 2. The van der Waals surface area contributed by atoms with Gasteiger partial charge in [-0.15, -0.1) is 11.8 Å². The van der Waals surface area contributed by atoms with Gasteiger partial charge in [-0.1, -0.05) is 36.4 Å². The van der Waals surface area contributed by atoms with Gasteiger partial charge in [0.25, 0.3) is 0 Å². The van der Waals surface area contributed by atoms with Crippen LogP contribution in [0.5, 0.6) is 0 Å². The molecule has 4 nitrogen and oxygen atoms in total. The fourth-order valence-electron chi connectivity index (χ4n) is 1.89. The number of rotatable bonds is 7. The fourth-order valence-corrected chi connectivity index (χ4v) is 4.60. The third kappa shape index (κ3) is 4.61. The van der Waals surface area contributed by atoms with Crippen molar-refractivity contribution in [2.75, 3.05) is 11.5 Å². The van der Waals surface area contributed by atoms with E-state index in [1.807, 2.05) is 30.3 Å². The van der Waals surface area contributed by atoms with Crippen LogP contribution in [0.1, 0.15) is 0 Å². The summed E-state index contributed by atoms with van der Waals surface area (Å²) in [5, 5.41) is 9.28. The van der Waals surface area contributed by atoms with E-state index in [-0.39, 0.29) is 10.6 Å². The summed E-state index contributed by atoms with van der Waals surface area (Å²) in [6, 6.07) is 17.3.